The van der Waals surface area contributed by atoms with E-state index < -0.39 is 23.0 Å². The van der Waals surface area contributed by atoms with Crippen molar-refractivity contribution in [3.05, 3.63) is 149 Å². The van der Waals surface area contributed by atoms with Gasteiger partial charge in [-0.1, -0.05) is 121 Å². The van der Waals surface area contributed by atoms with Gasteiger partial charge in [0.1, 0.15) is 17.4 Å². The minimum absolute atomic E-state index is 0.315. The highest BCUT2D eigenvalue weighted by Gasteiger charge is 2.51. The number of carbonyl (C=O) groups excluding carboxylic acids is 1. The molecule has 0 radical (unpaired) electrons. The minimum atomic E-state index is -0.893. The van der Waals surface area contributed by atoms with Gasteiger partial charge in [-0.2, -0.15) is 0 Å². The third kappa shape index (κ3) is 5.70. The highest BCUT2D eigenvalue weighted by atomic mass is 16.6. The molecule has 4 aromatic carbocycles. The van der Waals surface area contributed by atoms with Gasteiger partial charge in [0.25, 0.3) is 0 Å². The van der Waals surface area contributed by atoms with E-state index >= 15 is 0 Å². The topological polar surface area (TPSA) is 48.0 Å². The molecule has 5 heteroatoms. The van der Waals surface area contributed by atoms with E-state index in [1.165, 1.54) is 0 Å². The largest absolute Gasteiger partial charge is 0.441 e. The van der Waals surface area contributed by atoms with Crippen molar-refractivity contribution >= 4 is 12.2 Å². The summed E-state index contributed by atoms with van der Waals surface area (Å²) in [4.78, 5) is 15.6. The van der Waals surface area contributed by atoms with Crippen molar-refractivity contribution in [2.75, 3.05) is 6.61 Å². The van der Waals surface area contributed by atoms with Crippen LogP contribution in [0.4, 0.5) is 4.79 Å². The Bertz CT molecular complexity index is 1470. The molecule has 1 heterocycles. The molecule has 4 aromatic rings. The first-order valence-electron chi connectivity index (χ1n) is 15.5. The number of nitrogens with zero attached hydrogens (tertiary/aromatic N) is 1. The molecule has 1 amide bonds. The Labute approximate surface area is 261 Å². The van der Waals surface area contributed by atoms with Crippen LogP contribution in [0, 0.1) is 0 Å². The van der Waals surface area contributed by atoms with Crippen molar-refractivity contribution in [2.45, 2.75) is 69.6 Å². The molecule has 44 heavy (non-hydrogen) atoms. The van der Waals surface area contributed by atoms with Gasteiger partial charge in [-0.25, -0.2) is 4.79 Å². The Balaban J connectivity index is 1.44. The standard InChI is InChI=1S/C39H41NO4/c1-37(2)28-42-38(3,4)40(37)36(41)43-34-25-26-35(33(34)27-29-17-9-5-10-18-29)44-39(30-19-11-6-12-20-30,31-21-13-7-14-22-31)32-23-15-8-16-24-32/h5-24,27,34-35H,25-26,28H2,1-4H3/b33-27-/t34-,35?/m1/s1. The molecule has 5 nitrogen and oxygen atoms in total. The number of rotatable bonds is 7. The molecular formula is C39H41NO4. The van der Waals surface area contributed by atoms with E-state index in [1.807, 2.05) is 64.1 Å². The fraction of sp³-hybridized carbons (Fsp3) is 0.308. The lowest BCUT2D eigenvalue weighted by molar-refractivity contribution is -0.0564. The predicted octanol–water partition coefficient (Wildman–Crippen LogP) is 8.59. The lowest BCUT2D eigenvalue weighted by Gasteiger charge is -2.39. The maximum atomic E-state index is 13.8. The normalized spacial score (nSPS) is 21.8. The van der Waals surface area contributed by atoms with E-state index in [0.29, 0.717) is 19.4 Å². The van der Waals surface area contributed by atoms with Crippen LogP contribution in [0.1, 0.15) is 62.8 Å². The lowest BCUT2D eigenvalue weighted by atomic mass is 9.79. The van der Waals surface area contributed by atoms with Crippen molar-refractivity contribution in [3.8, 4) is 0 Å². The van der Waals surface area contributed by atoms with E-state index in [1.54, 1.807) is 4.90 Å². The molecule has 0 spiro atoms. The molecule has 1 unspecified atom stereocenters. The zero-order valence-corrected chi connectivity index (χ0v) is 26.0. The zero-order chi connectivity index (χ0) is 30.8. The molecule has 1 aliphatic heterocycles. The number of amides is 1. The van der Waals surface area contributed by atoms with E-state index in [2.05, 4.69) is 91.0 Å². The molecule has 0 bridgehead atoms. The fourth-order valence-corrected chi connectivity index (χ4v) is 6.81. The Morgan fingerprint density at radius 2 is 1.18 bits per heavy atom. The molecule has 226 valence electrons. The number of benzene rings is 4. The predicted molar refractivity (Wildman–Crippen MR) is 174 cm³/mol. The van der Waals surface area contributed by atoms with Gasteiger partial charge in [0.15, 0.2) is 0 Å². The van der Waals surface area contributed by atoms with Crippen molar-refractivity contribution in [1.82, 2.24) is 4.90 Å². The summed E-state index contributed by atoms with van der Waals surface area (Å²) in [5.41, 5.74) is 2.96. The van der Waals surface area contributed by atoms with Crippen molar-refractivity contribution in [3.63, 3.8) is 0 Å². The summed E-state index contributed by atoms with van der Waals surface area (Å²) in [6.45, 7) is 8.30. The number of hydrogen-bond donors (Lipinski definition) is 0. The van der Waals surface area contributed by atoms with E-state index in [-0.39, 0.29) is 12.2 Å². The summed E-state index contributed by atoms with van der Waals surface area (Å²) in [5.74, 6) is 0. The molecule has 1 saturated carbocycles. The Morgan fingerprint density at radius 3 is 1.64 bits per heavy atom. The van der Waals surface area contributed by atoms with Crippen LogP contribution in [-0.4, -0.2) is 41.1 Å². The average molecular weight is 588 g/mol. The fourth-order valence-electron chi connectivity index (χ4n) is 6.81. The summed E-state index contributed by atoms with van der Waals surface area (Å²) in [6.07, 6.45) is 2.36. The average Bonchev–Trinajstić information content (AvgIpc) is 3.51. The molecule has 2 fully saturated rings. The first-order valence-corrected chi connectivity index (χ1v) is 15.5. The Morgan fingerprint density at radius 1 is 0.727 bits per heavy atom. The Kier molecular flexibility index (Phi) is 8.19. The van der Waals surface area contributed by atoms with Gasteiger partial charge < -0.3 is 14.2 Å². The molecule has 0 aromatic heterocycles. The van der Waals surface area contributed by atoms with Crippen LogP contribution >= 0.6 is 0 Å². The minimum Gasteiger partial charge on any atom is -0.441 e. The zero-order valence-electron chi connectivity index (χ0n) is 26.0. The van der Waals surface area contributed by atoms with Crippen molar-refractivity contribution < 1.29 is 19.0 Å². The van der Waals surface area contributed by atoms with Gasteiger partial charge in [-0.15, -0.1) is 0 Å². The van der Waals surface area contributed by atoms with Crippen molar-refractivity contribution in [1.29, 1.82) is 0 Å². The molecular weight excluding hydrogens is 546 g/mol. The van der Waals surface area contributed by atoms with Gasteiger partial charge in [-0.3, -0.25) is 4.90 Å². The van der Waals surface area contributed by atoms with Crippen LogP contribution in [-0.2, 0) is 19.8 Å². The molecule has 6 rings (SSSR count). The third-order valence-electron chi connectivity index (χ3n) is 8.78. The molecule has 2 atom stereocenters. The second-order valence-corrected chi connectivity index (χ2v) is 12.8. The monoisotopic (exact) mass is 587 g/mol. The third-order valence-corrected chi connectivity index (χ3v) is 8.78. The second-order valence-electron chi connectivity index (χ2n) is 12.8. The number of hydrogen-bond acceptors (Lipinski definition) is 4. The maximum Gasteiger partial charge on any atom is 0.413 e. The van der Waals surface area contributed by atoms with Gasteiger partial charge in [0.2, 0.25) is 0 Å². The van der Waals surface area contributed by atoms with E-state index in [9.17, 15) is 4.79 Å². The highest BCUT2D eigenvalue weighted by Crippen LogP contribution is 2.46. The van der Waals surface area contributed by atoms with Crippen LogP contribution in [0.25, 0.3) is 6.08 Å². The summed E-state index contributed by atoms with van der Waals surface area (Å²) in [7, 11) is 0. The number of ether oxygens (including phenoxy) is 3. The SMILES string of the molecule is CC1(C)COC(C)(C)N1C(=O)O[C@@H]1CCC(OC(c2ccccc2)(c2ccccc2)c2ccccc2)/C1=C\c1ccccc1. The summed E-state index contributed by atoms with van der Waals surface area (Å²) in [5, 5.41) is 0. The molecule has 1 saturated heterocycles. The smallest absolute Gasteiger partial charge is 0.413 e. The maximum absolute atomic E-state index is 13.8. The van der Waals surface area contributed by atoms with Crippen LogP contribution in [0.15, 0.2) is 127 Å². The van der Waals surface area contributed by atoms with E-state index in [4.69, 9.17) is 14.2 Å². The molecule has 2 aliphatic rings. The van der Waals surface area contributed by atoms with Gasteiger partial charge in [0, 0.05) is 0 Å². The van der Waals surface area contributed by atoms with Crippen LogP contribution in [0.2, 0.25) is 0 Å². The lowest BCUT2D eigenvalue weighted by Crippen LogP contribution is -2.53. The van der Waals surface area contributed by atoms with Crippen LogP contribution < -0.4 is 0 Å². The van der Waals surface area contributed by atoms with Crippen LogP contribution in [0.3, 0.4) is 0 Å². The summed E-state index contributed by atoms with van der Waals surface area (Å²) in [6, 6.07) is 41.4. The highest BCUT2D eigenvalue weighted by molar-refractivity contribution is 5.71. The Hall–Kier alpha value is -4.19. The molecule has 0 N–H and O–H groups in total. The number of carbonyl (C=O) groups is 1. The first-order chi connectivity index (χ1) is 21.2. The van der Waals surface area contributed by atoms with Gasteiger partial charge in [0.05, 0.1) is 18.2 Å². The molecule has 1 aliphatic carbocycles. The summed E-state index contributed by atoms with van der Waals surface area (Å²) < 4.78 is 19.8. The van der Waals surface area contributed by atoms with Gasteiger partial charge >= 0.3 is 6.09 Å². The van der Waals surface area contributed by atoms with Crippen molar-refractivity contribution in [2.24, 2.45) is 0 Å². The first kappa shape index (κ1) is 29.9. The van der Waals surface area contributed by atoms with E-state index in [0.717, 1.165) is 27.8 Å². The summed E-state index contributed by atoms with van der Waals surface area (Å²) >= 11 is 0. The van der Waals surface area contributed by atoms with Crippen LogP contribution in [0.5, 0.6) is 0 Å². The second kappa shape index (κ2) is 12.1. The quantitative estimate of drug-likeness (QED) is 0.203. The van der Waals surface area contributed by atoms with Gasteiger partial charge in [-0.05, 0) is 74.4 Å².